The Morgan fingerprint density at radius 2 is 1.67 bits per heavy atom. The third-order valence-corrected chi connectivity index (χ3v) is 5.37. The number of hydrogen-bond acceptors (Lipinski definition) is 8. The molecule has 1 saturated heterocycles. The van der Waals surface area contributed by atoms with Crippen molar-refractivity contribution in [2.45, 2.75) is 45.3 Å². The molecule has 0 spiro atoms. The van der Waals surface area contributed by atoms with Crippen LogP contribution in [-0.4, -0.2) is 52.4 Å². The fraction of sp³-hybridized carbons (Fsp3) is 0.444. The number of hydrogen-bond donors (Lipinski definition) is 0. The van der Waals surface area contributed by atoms with Gasteiger partial charge < -0.3 is 18.9 Å². The molecule has 12 heteroatoms. The molecule has 2 heterocycles. The molecule has 9 nitrogen and oxygen atoms in total. The topological polar surface area (TPSA) is 106 Å². The fourth-order valence-electron chi connectivity index (χ4n) is 3.22. The highest BCUT2D eigenvalue weighted by atomic mass is 35.5. The van der Waals surface area contributed by atoms with Crippen LogP contribution >= 0.6 is 34.8 Å². The summed E-state index contributed by atoms with van der Waals surface area (Å²) in [6.45, 7) is 3.38. The number of imidazole rings is 1. The van der Waals surface area contributed by atoms with E-state index in [1.807, 2.05) is 0 Å². The summed E-state index contributed by atoms with van der Waals surface area (Å²) in [6.07, 6.45) is -4.14. The molecule has 1 aromatic carbocycles. The Labute approximate surface area is 186 Å². The van der Waals surface area contributed by atoms with Crippen molar-refractivity contribution in [2.75, 3.05) is 6.61 Å². The number of carbonyl (C=O) groups excluding carboxylic acids is 3. The van der Waals surface area contributed by atoms with E-state index in [4.69, 9.17) is 53.8 Å². The van der Waals surface area contributed by atoms with Gasteiger partial charge in [0.15, 0.2) is 18.4 Å². The molecule has 0 N–H and O–H groups in total. The number of halogens is 3. The summed E-state index contributed by atoms with van der Waals surface area (Å²) in [7, 11) is 0. The van der Waals surface area contributed by atoms with Crippen molar-refractivity contribution in [3.8, 4) is 0 Å². The molecule has 2 aromatic rings. The first kappa shape index (κ1) is 22.6. The SMILES string of the molecule is CC(=O)OC[C@H]1O[C@@H](n2c(Cl)nc3c(Cl)c(Cl)ccc32)[C@H](OC(C)=O)[C@@H]1OC(C)=O. The minimum absolute atomic E-state index is 0.0222. The Bertz CT molecular complexity index is 1010. The Morgan fingerprint density at radius 1 is 1.03 bits per heavy atom. The highest BCUT2D eigenvalue weighted by Crippen LogP contribution is 2.40. The minimum Gasteiger partial charge on any atom is -0.463 e. The highest BCUT2D eigenvalue weighted by molar-refractivity contribution is 6.45. The molecular formula is C18H17Cl3N2O7. The van der Waals surface area contributed by atoms with Gasteiger partial charge >= 0.3 is 17.9 Å². The molecule has 30 heavy (non-hydrogen) atoms. The van der Waals surface area contributed by atoms with Gasteiger partial charge in [0, 0.05) is 20.8 Å². The zero-order chi connectivity index (χ0) is 22.2. The maximum atomic E-state index is 11.8. The summed E-state index contributed by atoms with van der Waals surface area (Å²) in [5.74, 6) is -1.83. The predicted molar refractivity (Wildman–Crippen MR) is 106 cm³/mol. The first-order chi connectivity index (χ1) is 14.1. The van der Waals surface area contributed by atoms with Gasteiger partial charge in [0.05, 0.1) is 15.6 Å². The van der Waals surface area contributed by atoms with Crippen LogP contribution in [0, 0.1) is 0 Å². The van der Waals surface area contributed by atoms with Crippen molar-refractivity contribution < 1.29 is 33.3 Å². The average molecular weight is 480 g/mol. The number of rotatable bonds is 5. The molecule has 0 bridgehead atoms. The molecule has 1 aliphatic heterocycles. The van der Waals surface area contributed by atoms with Crippen LogP contribution in [0.2, 0.25) is 15.3 Å². The Morgan fingerprint density at radius 3 is 2.27 bits per heavy atom. The number of carbonyl (C=O) groups is 3. The monoisotopic (exact) mass is 478 g/mol. The molecule has 1 aliphatic rings. The van der Waals surface area contributed by atoms with Gasteiger partial charge in [-0.3, -0.25) is 19.0 Å². The number of fused-ring (bicyclic) bond motifs is 1. The number of ether oxygens (including phenoxy) is 4. The summed E-state index contributed by atoms with van der Waals surface area (Å²) in [5.41, 5.74) is 0.762. The summed E-state index contributed by atoms with van der Waals surface area (Å²) < 4.78 is 23.2. The molecule has 0 saturated carbocycles. The molecule has 1 fully saturated rings. The smallest absolute Gasteiger partial charge is 0.303 e. The average Bonchev–Trinajstić information content (AvgIpc) is 3.13. The van der Waals surface area contributed by atoms with E-state index in [0.717, 1.165) is 0 Å². The third-order valence-electron chi connectivity index (χ3n) is 4.31. The second-order valence-corrected chi connectivity index (χ2v) is 7.62. The third kappa shape index (κ3) is 4.49. The van der Waals surface area contributed by atoms with E-state index in [-0.39, 0.29) is 21.9 Å². The molecule has 162 valence electrons. The van der Waals surface area contributed by atoms with Crippen molar-refractivity contribution in [2.24, 2.45) is 0 Å². The van der Waals surface area contributed by atoms with Gasteiger partial charge in [-0.25, -0.2) is 4.98 Å². The molecule has 1 aromatic heterocycles. The second-order valence-electron chi connectivity index (χ2n) is 6.50. The summed E-state index contributed by atoms with van der Waals surface area (Å²) in [4.78, 5) is 38.9. The van der Waals surface area contributed by atoms with E-state index in [0.29, 0.717) is 11.0 Å². The zero-order valence-electron chi connectivity index (χ0n) is 16.1. The first-order valence-electron chi connectivity index (χ1n) is 8.74. The summed E-state index contributed by atoms with van der Waals surface area (Å²) in [6, 6.07) is 3.17. The number of aromatic nitrogens is 2. The van der Waals surface area contributed by atoms with E-state index in [1.165, 1.54) is 25.3 Å². The van der Waals surface area contributed by atoms with Crippen LogP contribution in [0.15, 0.2) is 12.1 Å². The minimum atomic E-state index is -1.10. The van der Waals surface area contributed by atoms with Crippen LogP contribution in [0.25, 0.3) is 11.0 Å². The maximum Gasteiger partial charge on any atom is 0.303 e. The standard InChI is InChI=1S/C18H17Cl3N2O7/c1-7(24)27-6-12-15(28-8(2)25)16(29-9(3)26)17(30-12)23-11-5-4-10(19)13(20)14(11)22-18(23)21/h4-5,12,15-17H,6H2,1-3H3/t12-,15-,16-,17-/m1/s1. The molecule has 3 rings (SSSR count). The molecule has 0 amide bonds. The van der Waals surface area contributed by atoms with Gasteiger partial charge in [-0.1, -0.05) is 23.2 Å². The van der Waals surface area contributed by atoms with Gasteiger partial charge in [-0.05, 0) is 23.7 Å². The van der Waals surface area contributed by atoms with Gasteiger partial charge in [-0.2, -0.15) is 0 Å². The Balaban J connectivity index is 2.09. The molecule has 0 aliphatic carbocycles. The normalized spacial score (nSPS) is 23.4. The van der Waals surface area contributed by atoms with E-state index in [2.05, 4.69) is 4.98 Å². The summed E-state index contributed by atoms with van der Waals surface area (Å²) in [5, 5.41) is 0.441. The fourth-order valence-corrected chi connectivity index (χ4v) is 3.85. The van der Waals surface area contributed by atoms with Gasteiger partial charge in [0.2, 0.25) is 5.28 Å². The van der Waals surface area contributed by atoms with Crippen molar-refractivity contribution in [3.05, 3.63) is 27.5 Å². The lowest BCUT2D eigenvalue weighted by Crippen LogP contribution is -2.40. The van der Waals surface area contributed by atoms with Crippen LogP contribution in [0.1, 0.15) is 27.0 Å². The summed E-state index contributed by atoms with van der Waals surface area (Å²) >= 11 is 18.6. The molecule has 4 atom stereocenters. The molecular weight excluding hydrogens is 463 g/mol. The molecule has 0 unspecified atom stereocenters. The Hall–Kier alpha value is -2.07. The van der Waals surface area contributed by atoms with Gasteiger partial charge in [0.25, 0.3) is 0 Å². The largest absolute Gasteiger partial charge is 0.463 e. The van der Waals surface area contributed by atoms with Crippen LogP contribution in [-0.2, 0) is 33.3 Å². The lowest BCUT2D eigenvalue weighted by atomic mass is 10.1. The molecule has 0 radical (unpaired) electrons. The quantitative estimate of drug-likeness (QED) is 0.475. The van der Waals surface area contributed by atoms with Gasteiger partial charge in [0.1, 0.15) is 18.2 Å². The van der Waals surface area contributed by atoms with Crippen molar-refractivity contribution in [1.82, 2.24) is 9.55 Å². The van der Waals surface area contributed by atoms with E-state index < -0.39 is 42.4 Å². The van der Waals surface area contributed by atoms with Gasteiger partial charge in [-0.15, -0.1) is 0 Å². The van der Waals surface area contributed by atoms with E-state index >= 15 is 0 Å². The van der Waals surface area contributed by atoms with Crippen molar-refractivity contribution >= 4 is 63.7 Å². The Kier molecular flexibility index (Phi) is 6.76. The van der Waals surface area contributed by atoms with E-state index in [9.17, 15) is 14.4 Å². The second kappa shape index (κ2) is 8.97. The number of nitrogens with zero attached hydrogens (tertiary/aromatic N) is 2. The van der Waals surface area contributed by atoms with Crippen molar-refractivity contribution in [3.63, 3.8) is 0 Å². The lowest BCUT2D eigenvalue weighted by Gasteiger charge is -2.24. The highest BCUT2D eigenvalue weighted by Gasteiger charge is 2.51. The van der Waals surface area contributed by atoms with Crippen molar-refractivity contribution in [1.29, 1.82) is 0 Å². The van der Waals surface area contributed by atoms with E-state index in [1.54, 1.807) is 12.1 Å². The van der Waals surface area contributed by atoms with Crippen LogP contribution in [0.4, 0.5) is 0 Å². The van der Waals surface area contributed by atoms with Crippen LogP contribution in [0.5, 0.6) is 0 Å². The first-order valence-corrected chi connectivity index (χ1v) is 9.88. The van der Waals surface area contributed by atoms with Crippen LogP contribution < -0.4 is 0 Å². The predicted octanol–water partition coefficient (Wildman–Crippen LogP) is 3.32. The number of esters is 3. The maximum absolute atomic E-state index is 11.8. The lowest BCUT2D eigenvalue weighted by molar-refractivity contribution is -0.166. The number of benzene rings is 1. The van der Waals surface area contributed by atoms with Crippen LogP contribution in [0.3, 0.4) is 0 Å². The zero-order valence-corrected chi connectivity index (χ0v) is 18.3.